The topological polar surface area (TPSA) is 0 Å². The summed E-state index contributed by atoms with van der Waals surface area (Å²) in [4.78, 5) is 0. The number of hydrogen-bond donors (Lipinski definition) is 0. The lowest BCUT2D eigenvalue weighted by molar-refractivity contribution is 0.411. The normalized spacial score (nSPS) is 8.43. The lowest BCUT2D eigenvalue weighted by Gasteiger charge is -1.76. The monoisotopic (exact) mass is 110 g/mol. The number of allylic oxidation sites excluding steroid dienone is 1. The van der Waals surface area contributed by atoms with Crippen molar-refractivity contribution >= 4 is 0 Å². The second kappa shape index (κ2) is 3.71. The summed E-state index contributed by atoms with van der Waals surface area (Å²) in [7, 11) is 0. The van der Waals surface area contributed by atoms with Crippen molar-refractivity contribution in [1.29, 1.82) is 0 Å². The zero-order valence-corrected chi connectivity index (χ0v) is 3.63. The Hall–Kier alpha value is -0.470. The summed E-state index contributed by atoms with van der Waals surface area (Å²) in [5.74, 6) is 0. The van der Waals surface area contributed by atoms with Crippen molar-refractivity contribution in [3.63, 3.8) is 0 Å². The highest BCUT2D eigenvalue weighted by Crippen LogP contribution is 1.97. The van der Waals surface area contributed by atoms with Gasteiger partial charge in [-0.15, -0.1) is 0 Å². The van der Waals surface area contributed by atoms with E-state index in [4.69, 9.17) is 0 Å². The van der Waals surface area contributed by atoms with Gasteiger partial charge in [0.2, 0.25) is 0 Å². The quantitative estimate of drug-likeness (QED) is 0.510. The summed E-state index contributed by atoms with van der Waals surface area (Å²) >= 11 is 0. The van der Waals surface area contributed by atoms with Gasteiger partial charge in [-0.25, -0.2) is 0 Å². The van der Waals surface area contributed by atoms with Gasteiger partial charge in [0.15, 0.2) is 0 Å². The molecule has 42 valence electrons. The van der Waals surface area contributed by atoms with E-state index in [1.165, 1.54) is 0 Å². The fraction of sp³-hybridized carbons (Fsp3) is 0.500. The number of rotatable bonds is 2. The van der Waals surface area contributed by atoms with Gasteiger partial charge in [-0.2, -0.15) is 8.78 Å². The Bertz CT molecular complexity index is 63.3. The molecule has 7 heavy (non-hydrogen) atoms. The summed E-state index contributed by atoms with van der Waals surface area (Å²) in [6.07, 6.45) is -1.43. The van der Waals surface area contributed by atoms with Gasteiger partial charge in [0.25, 0.3) is 6.08 Å². The van der Waals surface area contributed by atoms with Crippen molar-refractivity contribution in [2.45, 2.75) is 6.42 Å². The molecule has 0 amide bonds. The first-order valence-electron chi connectivity index (χ1n) is 1.84. The predicted molar refractivity (Wildman–Crippen MR) is 20.9 cm³/mol. The highest BCUT2D eigenvalue weighted by atomic mass is 19.3. The lowest BCUT2D eigenvalue weighted by Crippen LogP contribution is -1.67. The lowest BCUT2D eigenvalue weighted by atomic mass is 10.5. The van der Waals surface area contributed by atoms with E-state index in [9.17, 15) is 13.2 Å². The van der Waals surface area contributed by atoms with E-state index in [2.05, 4.69) is 0 Å². The minimum absolute atomic E-state index is 0.178. The molecule has 0 atom stereocenters. The first kappa shape index (κ1) is 6.53. The van der Waals surface area contributed by atoms with Crippen molar-refractivity contribution in [2.75, 3.05) is 6.67 Å². The highest BCUT2D eigenvalue weighted by Gasteiger charge is 1.83. The minimum atomic E-state index is -1.81. The van der Waals surface area contributed by atoms with E-state index in [1.807, 2.05) is 0 Å². The average Bonchev–Trinajstić information content (AvgIpc) is 1.61. The molecule has 0 aliphatic rings. The molecule has 0 saturated carbocycles. The zero-order valence-electron chi connectivity index (χ0n) is 3.63. The number of halogens is 3. The Morgan fingerprint density at radius 3 is 2.14 bits per heavy atom. The van der Waals surface area contributed by atoms with Gasteiger partial charge in [0.05, 0.1) is 6.67 Å². The van der Waals surface area contributed by atoms with Crippen LogP contribution in [0.2, 0.25) is 0 Å². The molecule has 0 spiro atoms. The van der Waals surface area contributed by atoms with Crippen LogP contribution in [0.1, 0.15) is 6.42 Å². The molecule has 0 aliphatic heterocycles. The van der Waals surface area contributed by atoms with E-state index in [0.717, 1.165) is 0 Å². The van der Waals surface area contributed by atoms with Crippen LogP contribution in [0, 0.1) is 0 Å². The van der Waals surface area contributed by atoms with Crippen LogP contribution in [0.3, 0.4) is 0 Å². The molecule has 0 N–H and O–H groups in total. The van der Waals surface area contributed by atoms with E-state index < -0.39 is 12.8 Å². The van der Waals surface area contributed by atoms with Crippen molar-refractivity contribution in [1.82, 2.24) is 0 Å². The Balaban J connectivity index is 3.08. The van der Waals surface area contributed by atoms with Gasteiger partial charge in [-0.1, -0.05) is 0 Å². The van der Waals surface area contributed by atoms with Gasteiger partial charge in [-0.05, 0) is 12.5 Å². The van der Waals surface area contributed by atoms with Gasteiger partial charge in [0, 0.05) is 0 Å². The Kier molecular flexibility index (Phi) is 3.46. The molecule has 0 bridgehead atoms. The first-order valence-corrected chi connectivity index (χ1v) is 1.84. The Labute approximate surface area is 39.6 Å². The van der Waals surface area contributed by atoms with Gasteiger partial charge in [-0.3, -0.25) is 4.39 Å². The van der Waals surface area contributed by atoms with Crippen molar-refractivity contribution in [3.05, 3.63) is 12.2 Å². The zero-order chi connectivity index (χ0) is 5.70. The maximum absolute atomic E-state index is 11.0. The Morgan fingerprint density at radius 1 is 1.43 bits per heavy atom. The molecule has 0 aromatic heterocycles. The maximum atomic E-state index is 11.0. The molecule has 0 radical (unpaired) electrons. The van der Waals surface area contributed by atoms with E-state index >= 15 is 0 Å². The Morgan fingerprint density at radius 2 is 2.00 bits per heavy atom. The van der Waals surface area contributed by atoms with Crippen LogP contribution in [0.25, 0.3) is 0 Å². The van der Waals surface area contributed by atoms with E-state index in [1.54, 1.807) is 0 Å². The standard InChI is InChI=1S/C4H5F3/c5-3-1-2-4(6)7/h2H,1,3H2. The van der Waals surface area contributed by atoms with Crippen LogP contribution >= 0.6 is 0 Å². The summed E-state index contributed by atoms with van der Waals surface area (Å²) < 4.78 is 32.8. The minimum Gasteiger partial charge on any atom is -0.251 e. The fourth-order valence-electron chi connectivity index (χ4n) is 0.164. The van der Waals surface area contributed by atoms with Gasteiger partial charge < -0.3 is 0 Å². The largest absolute Gasteiger partial charge is 0.266 e. The fourth-order valence-corrected chi connectivity index (χ4v) is 0.164. The molecular weight excluding hydrogens is 105 g/mol. The van der Waals surface area contributed by atoms with Crippen LogP contribution in [0.15, 0.2) is 12.2 Å². The summed E-state index contributed by atoms with van der Waals surface area (Å²) in [6, 6.07) is 0. The molecule has 0 nitrogen and oxygen atoms in total. The summed E-state index contributed by atoms with van der Waals surface area (Å²) in [5, 5.41) is 0. The maximum Gasteiger partial charge on any atom is 0.266 e. The molecule has 0 aliphatic carbocycles. The second-order valence-corrected chi connectivity index (χ2v) is 0.971. The summed E-state index contributed by atoms with van der Waals surface area (Å²) in [5.41, 5.74) is 0. The molecular formula is C4H5F3. The second-order valence-electron chi connectivity index (χ2n) is 0.971. The highest BCUT2D eigenvalue weighted by molar-refractivity contribution is 4.79. The predicted octanol–water partition coefficient (Wildman–Crippen LogP) is 2.13. The number of hydrogen-bond acceptors (Lipinski definition) is 0. The van der Waals surface area contributed by atoms with E-state index in [0.29, 0.717) is 6.08 Å². The molecule has 0 saturated heterocycles. The average molecular weight is 110 g/mol. The van der Waals surface area contributed by atoms with Crippen molar-refractivity contribution in [2.24, 2.45) is 0 Å². The number of alkyl halides is 1. The summed E-state index contributed by atoms with van der Waals surface area (Å²) in [6.45, 7) is -0.711. The van der Waals surface area contributed by atoms with Crippen LogP contribution in [-0.4, -0.2) is 6.67 Å². The van der Waals surface area contributed by atoms with Crippen LogP contribution < -0.4 is 0 Å². The third-order valence-corrected chi connectivity index (χ3v) is 0.408. The van der Waals surface area contributed by atoms with Gasteiger partial charge in [0.1, 0.15) is 0 Å². The molecule has 0 fully saturated rings. The molecule has 0 heterocycles. The third-order valence-electron chi connectivity index (χ3n) is 0.408. The molecule has 3 heteroatoms. The van der Waals surface area contributed by atoms with E-state index in [-0.39, 0.29) is 6.42 Å². The van der Waals surface area contributed by atoms with Crippen LogP contribution in [0.5, 0.6) is 0 Å². The SMILES string of the molecule is FCCC=C(F)F. The molecule has 0 aromatic rings. The van der Waals surface area contributed by atoms with Gasteiger partial charge >= 0.3 is 0 Å². The molecule has 0 aromatic carbocycles. The van der Waals surface area contributed by atoms with Crippen LogP contribution in [-0.2, 0) is 0 Å². The third kappa shape index (κ3) is 5.53. The first-order chi connectivity index (χ1) is 3.27. The molecule has 0 rings (SSSR count). The van der Waals surface area contributed by atoms with Crippen molar-refractivity contribution in [3.8, 4) is 0 Å². The van der Waals surface area contributed by atoms with Crippen molar-refractivity contribution < 1.29 is 13.2 Å². The smallest absolute Gasteiger partial charge is 0.251 e. The molecule has 0 unspecified atom stereocenters. The van der Waals surface area contributed by atoms with Crippen LogP contribution in [0.4, 0.5) is 13.2 Å².